The molecule has 0 aliphatic carbocycles. The first-order chi connectivity index (χ1) is 14.4. The molecule has 0 unspecified atom stereocenters. The Morgan fingerprint density at radius 1 is 0.968 bits per heavy atom. The van der Waals surface area contributed by atoms with E-state index >= 15 is 0 Å². The van der Waals surface area contributed by atoms with E-state index in [1.54, 1.807) is 36.4 Å². The fourth-order valence-electron chi connectivity index (χ4n) is 2.55. The van der Waals surface area contributed by atoms with E-state index in [1.165, 1.54) is 19.1 Å². The summed E-state index contributed by atoms with van der Waals surface area (Å²) in [5.74, 6) is -0.0544. The SMILES string of the molecule is CC(=O)Nc1cccc(Nc2nc(-c3ccc(S(C)(=O)=O)cc3)nc(C(Cl)(Cl)Cl)n2)c1. The van der Waals surface area contributed by atoms with Crippen LogP contribution in [-0.4, -0.2) is 35.5 Å². The van der Waals surface area contributed by atoms with Crippen molar-refractivity contribution in [1.29, 1.82) is 0 Å². The zero-order chi connectivity index (χ0) is 22.8. The largest absolute Gasteiger partial charge is 0.326 e. The molecule has 0 spiro atoms. The van der Waals surface area contributed by atoms with Crippen molar-refractivity contribution in [3.63, 3.8) is 0 Å². The standard InChI is InChI=1S/C19H16Cl3N5O3S/c1-11(28)23-13-4-3-5-14(10-13)24-18-26-16(25-17(27-18)19(20,21)22)12-6-8-15(9-7-12)31(2,29)30/h3-10H,1-2H3,(H,23,28)(H,24,25,26,27). The fraction of sp³-hybridized carbons (Fsp3) is 0.158. The highest BCUT2D eigenvalue weighted by molar-refractivity contribution is 7.90. The lowest BCUT2D eigenvalue weighted by Crippen LogP contribution is -2.12. The predicted molar refractivity (Wildman–Crippen MR) is 122 cm³/mol. The van der Waals surface area contributed by atoms with Crippen LogP contribution < -0.4 is 10.6 Å². The maximum atomic E-state index is 11.7. The van der Waals surface area contributed by atoms with E-state index in [4.69, 9.17) is 34.8 Å². The molecule has 0 radical (unpaired) electrons. The van der Waals surface area contributed by atoms with E-state index in [9.17, 15) is 13.2 Å². The average molecular weight is 501 g/mol. The van der Waals surface area contributed by atoms with E-state index in [1.807, 2.05) is 0 Å². The quantitative estimate of drug-likeness (QED) is 0.497. The third-order valence-electron chi connectivity index (χ3n) is 3.87. The molecule has 0 saturated carbocycles. The molecule has 3 rings (SSSR count). The van der Waals surface area contributed by atoms with Gasteiger partial charge in [0.05, 0.1) is 4.90 Å². The van der Waals surface area contributed by atoms with Crippen LogP contribution in [0, 0.1) is 0 Å². The van der Waals surface area contributed by atoms with Gasteiger partial charge in [-0.05, 0) is 42.5 Å². The van der Waals surface area contributed by atoms with Gasteiger partial charge in [0.1, 0.15) is 0 Å². The lowest BCUT2D eigenvalue weighted by atomic mass is 10.2. The monoisotopic (exact) mass is 499 g/mol. The van der Waals surface area contributed by atoms with Gasteiger partial charge in [-0.25, -0.2) is 13.4 Å². The lowest BCUT2D eigenvalue weighted by Gasteiger charge is -2.14. The minimum absolute atomic E-state index is 0.0958. The summed E-state index contributed by atoms with van der Waals surface area (Å²) in [5.41, 5.74) is 1.65. The van der Waals surface area contributed by atoms with Crippen molar-refractivity contribution in [3.8, 4) is 11.4 Å². The predicted octanol–water partition coefficient (Wildman–Crippen LogP) is 4.47. The van der Waals surface area contributed by atoms with Gasteiger partial charge in [-0.1, -0.05) is 40.9 Å². The van der Waals surface area contributed by atoms with Crippen LogP contribution in [0.25, 0.3) is 11.4 Å². The Bertz CT molecular complexity index is 1230. The number of nitrogens with zero attached hydrogens (tertiary/aromatic N) is 3. The summed E-state index contributed by atoms with van der Waals surface area (Å²) in [6, 6.07) is 12.9. The maximum absolute atomic E-state index is 11.7. The first-order valence-corrected chi connectivity index (χ1v) is 11.7. The average Bonchev–Trinajstić information content (AvgIpc) is 2.66. The second-order valence-electron chi connectivity index (χ2n) is 6.49. The second-order valence-corrected chi connectivity index (χ2v) is 10.8. The molecule has 2 N–H and O–H groups in total. The summed E-state index contributed by atoms with van der Waals surface area (Å²) < 4.78 is 21.5. The highest BCUT2D eigenvalue weighted by Crippen LogP contribution is 2.37. The molecule has 31 heavy (non-hydrogen) atoms. The van der Waals surface area contributed by atoms with Gasteiger partial charge in [-0.2, -0.15) is 9.97 Å². The maximum Gasteiger partial charge on any atom is 0.250 e. The number of nitrogens with one attached hydrogen (secondary N) is 2. The first kappa shape index (κ1) is 23.2. The van der Waals surface area contributed by atoms with Gasteiger partial charge in [0.15, 0.2) is 21.5 Å². The zero-order valence-corrected chi connectivity index (χ0v) is 19.3. The number of rotatable bonds is 5. The molecule has 0 aliphatic rings. The number of benzene rings is 2. The van der Waals surface area contributed by atoms with Gasteiger partial charge in [0.25, 0.3) is 0 Å². The zero-order valence-electron chi connectivity index (χ0n) is 16.2. The number of hydrogen-bond acceptors (Lipinski definition) is 7. The third-order valence-corrected chi connectivity index (χ3v) is 5.50. The number of anilines is 3. The summed E-state index contributed by atoms with van der Waals surface area (Å²) in [6.45, 7) is 1.40. The fourth-order valence-corrected chi connectivity index (χ4v) is 3.43. The van der Waals surface area contributed by atoms with Crippen LogP contribution in [0.1, 0.15) is 12.7 Å². The highest BCUT2D eigenvalue weighted by Gasteiger charge is 2.28. The molecule has 0 saturated heterocycles. The van der Waals surface area contributed by atoms with E-state index in [2.05, 4.69) is 25.6 Å². The van der Waals surface area contributed by atoms with Crippen LogP contribution in [0.3, 0.4) is 0 Å². The van der Waals surface area contributed by atoms with Crippen LogP contribution in [0.4, 0.5) is 17.3 Å². The minimum Gasteiger partial charge on any atom is -0.326 e. The van der Waals surface area contributed by atoms with Gasteiger partial charge in [0, 0.05) is 30.1 Å². The molecule has 0 aliphatic heterocycles. The third kappa shape index (κ3) is 6.27. The van der Waals surface area contributed by atoms with Crippen molar-refractivity contribution in [2.75, 3.05) is 16.9 Å². The van der Waals surface area contributed by atoms with Crippen molar-refractivity contribution in [2.45, 2.75) is 15.6 Å². The number of alkyl halides is 3. The van der Waals surface area contributed by atoms with E-state index in [-0.39, 0.29) is 28.4 Å². The molecule has 0 atom stereocenters. The van der Waals surface area contributed by atoms with Crippen LogP contribution in [-0.2, 0) is 18.4 Å². The Morgan fingerprint density at radius 3 is 2.19 bits per heavy atom. The van der Waals surface area contributed by atoms with E-state index in [0.29, 0.717) is 16.9 Å². The summed E-state index contributed by atoms with van der Waals surface area (Å²) >= 11 is 18.0. The molecule has 1 aromatic heterocycles. The smallest absolute Gasteiger partial charge is 0.250 e. The molecule has 162 valence electrons. The Balaban J connectivity index is 2.01. The number of sulfone groups is 1. The van der Waals surface area contributed by atoms with E-state index < -0.39 is 13.6 Å². The topological polar surface area (TPSA) is 114 Å². The molecule has 3 aromatic rings. The summed E-state index contributed by atoms with van der Waals surface area (Å²) in [5, 5.41) is 5.67. The Morgan fingerprint density at radius 2 is 1.61 bits per heavy atom. The molecular formula is C19H16Cl3N5O3S. The number of hydrogen-bond donors (Lipinski definition) is 2. The van der Waals surface area contributed by atoms with Crippen LogP contribution in [0.2, 0.25) is 0 Å². The Kier molecular flexibility index (Phi) is 6.70. The molecule has 1 heterocycles. The molecule has 8 nitrogen and oxygen atoms in total. The van der Waals surface area contributed by atoms with Gasteiger partial charge in [0.2, 0.25) is 15.6 Å². The summed E-state index contributed by atoms with van der Waals surface area (Å²) in [4.78, 5) is 24.1. The van der Waals surface area contributed by atoms with Gasteiger partial charge >= 0.3 is 0 Å². The number of amides is 1. The number of carbonyl (C=O) groups is 1. The van der Waals surface area contributed by atoms with Crippen molar-refractivity contribution in [3.05, 3.63) is 54.4 Å². The van der Waals surface area contributed by atoms with Crippen molar-refractivity contribution in [2.24, 2.45) is 0 Å². The molecule has 2 aromatic carbocycles. The van der Waals surface area contributed by atoms with Crippen LogP contribution >= 0.6 is 34.8 Å². The Hall–Kier alpha value is -2.46. The summed E-state index contributed by atoms with van der Waals surface area (Å²) in [6.07, 6.45) is 1.11. The lowest BCUT2D eigenvalue weighted by molar-refractivity contribution is -0.114. The molecule has 1 amide bonds. The first-order valence-electron chi connectivity index (χ1n) is 8.70. The van der Waals surface area contributed by atoms with E-state index in [0.717, 1.165) is 6.26 Å². The Labute approximate surface area is 193 Å². The summed E-state index contributed by atoms with van der Waals surface area (Å²) in [7, 11) is -3.35. The van der Waals surface area contributed by atoms with Crippen molar-refractivity contribution in [1.82, 2.24) is 15.0 Å². The highest BCUT2D eigenvalue weighted by atomic mass is 35.6. The van der Waals surface area contributed by atoms with Crippen LogP contribution in [0.5, 0.6) is 0 Å². The molecule has 12 heteroatoms. The van der Waals surface area contributed by atoms with Crippen molar-refractivity contribution >= 4 is 67.9 Å². The second kappa shape index (κ2) is 8.96. The number of halogens is 3. The molecular weight excluding hydrogens is 485 g/mol. The normalized spacial score (nSPS) is 11.8. The molecule has 0 bridgehead atoms. The van der Waals surface area contributed by atoms with Gasteiger partial charge in [-0.15, -0.1) is 0 Å². The number of carbonyl (C=O) groups excluding carboxylic acids is 1. The molecule has 0 fully saturated rings. The van der Waals surface area contributed by atoms with Gasteiger partial charge < -0.3 is 10.6 Å². The van der Waals surface area contributed by atoms with Gasteiger partial charge in [-0.3, -0.25) is 4.79 Å². The van der Waals surface area contributed by atoms with Crippen LogP contribution in [0.15, 0.2) is 53.4 Å². The minimum atomic E-state index is -3.35. The van der Waals surface area contributed by atoms with Crippen molar-refractivity contribution < 1.29 is 13.2 Å². The number of aromatic nitrogens is 3.